The molecule has 18 heavy (non-hydrogen) atoms. The lowest BCUT2D eigenvalue weighted by Crippen LogP contribution is -2.32. The molecule has 1 N–H and O–H groups in total. The summed E-state index contributed by atoms with van der Waals surface area (Å²) in [5, 5.41) is 3.00. The Hall–Kier alpha value is -1.02. The van der Waals surface area contributed by atoms with Crippen molar-refractivity contribution in [3.63, 3.8) is 0 Å². The zero-order valence-corrected chi connectivity index (χ0v) is 11.8. The van der Waals surface area contributed by atoms with Gasteiger partial charge < -0.3 is 5.32 Å². The summed E-state index contributed by atoms with van der Waals surface area (Å²) in [5.41, 5.74) is 3.77. The van der Waals surface area contributed by atoms with Gasteiger partial charge in [-0.15, -0.1) is 11.6 Å². The zero-order chi connectivity index (χ0) is 13.2. The number of hydrogen-bond donors (Lipinski definition) is 1. The Balaban J connectivity index is 1.85. The van der Waals surface area contributed by atoms with Crippen LogP contribution in [0.5, 0.6) is 0 Å². The Morgan fingerprint density at radius 1 is 1.33 bits per heavy atom. The van der Waals surface area contributed by atoms with Crippen LogP contribution in [0, 0.1) is 19.3 Å². The fourth-order valence-corrected chi connectivity index (χ4v) is 2.34. The number of carbonyl (C=O) groups excluding carboxylic acids is 1. The second-order valence-electron chi connectivity index (χ2n) is 5.51. The minimum absolute atomic E-state index is 0.0923. The van der Waals surface area contributed by atoms with E-state index in [4.69, 9.17) is 11.6 Å². The minimum atomic E-state index is 0.0923. The molecule has 1 aromatic rings. The lowest BCUT2D eigenvalue weighted by Gasteiger charge is -2.12. The van der Waals surface area contributed by atoms with Gasteiger partial charge in [0.05, 0.1) is 6.42 Å². The molecule has 3 heteroatoms. The van der Waals surface area contributed by atoms with Gasteiger partial charge in [0.2, 0.25) is 5.91 Å². The molecular weight excluding hydrogens is 246 g/mol. The fraction of sp³-hybridized carbons (Fsp3) is 0.533. The third-order valence-corrected chi connectivity index (χ3v) is 4.40. The van der Waals surface area contributed by atoms with Crippen molar-refractivity contribution < 1.29 is 4.79 Å². The molecule has 2 nitrogen and oxygen atoms in total. The molecule has 1 amide bonds. The van der Waals surface area contributed by atoms with Crippen molar-refractivity contribution in [2.24, 2.45) is 5.41 Å². The topological polar surface area (TPSA) is 29.1 Å². The van der Waals surface area contributed by atoms with Gasteiger partial charge >= 0.3 is 0 Å². The first-order valence-electron chi connectivity index (χ1n) is 6.43. The van der Waals surface area contributed by atoms with Gasteiger partial charge in [0, 0.05) is 17.8 Å². The first-order valence-corrected chi connectivity index (χ1v) is 6.97. The van der Waals surface area contributed by atoms with Gasteiger partial charge in [-0.25, -0.2) is 0 Å². The Labute approximate surface area is 114 Å². The van der Waals surface area contributed by atoms with Gasteiger partial charge in [-0.1, -0.05) is 18.2 Å². The highest BCUT2D eigenvalue weighted by atomic mass is 35.5. The zero-order valence-electron chi connectivity index (χ0n) is 11.1. The van der Waals surface area contributed by atoms with Gasteiger partial charge in [-0.2, -0.15) is 0 Å². The summed E-state index contributed by atoms with van der Waals surface area (Å²) >= 11 is 5.89. The number of carbonyl (C=O) groups is 1. The number of halogens is 1. The van der Waals surface area contributed by atoms with E-state index in [-0.39, 0.29) is 11.3 Å². The van der Waals surface area contributed by atoms with Crippen molar-refractivity contribution in [2.45, 2.75) is 33.1 Å². The quantitative estimate of drug-likeness (QED) is 0.815. The minimum Gasteiger partial charge on any atom is -0.355 e. The van der Waals surface area contributed by atoms with Crippen LogP contribution in [0.15, 0.2) is 18.2 Å². The molecule has 0 radical (unpaired) electrons. The van der Waals surface area contributed by atoms with Crippen molar-refractivity contribution in [1.29, 1.82) is 0 Å². The predicted molar refractivity (Wildman–Crippen MR) is 75.0 cm³/mol. The molecule has 98 valence electrons. The Bertz CT molecular complexity index is 452. The third-order valence-electron chi connectivity index (χ3n) is 3.84. The monoisotopic (exact) mass is 265 g/mol. The van der Waals surface area contributed by atoms with Crippen molar-refractivity contribution in [3.8, 4) is 0 Å². The molecule has 0 aliphatic heterocycles. The maximum absolute atomic E-state index is 11.8. The van der Waals surface area contributed by atoms with Gasteiger partial charge in [-0.3, -0.25) is 4.79 Å². The van der Waals surface area contributed by atoms with Crippen molar-refractivity contribution in [3.05, 3.63) is 34.9 Å². The predicted octanol–water partition coefficient (Wildman–Crippen LogP) is 2.98. The van der Waals surface area contributed by atoms with Crippen molar-refractivity contribution >= 4 is 17.5 Å². The maximum Gasteiger partial charge on any atom is 0.224 e. The maximum atomic E-state index is 11.8. The highest BCUT2D eigenvalue weighted by molar-refractivity contribution is 6.18. The fourth-order valence-electron chi connectivity index (χ4n) is 1.98. The van der Waals surface area contributed by atoms with E-state index >= 15 is 0 Å². The average molecular weight is 266 g/mol. The van der Waals surface area contributed by atoms with E-state index in [1.54, 1.807) is 0 Å². The molecule has 1 aliphatic rings. The summed E-state index contributed by atoms with van der Waals surface area (Å²) in [6.07, 6.45) is 2.74. The number of alkyl halides is 1. The molecule has 0 bridgehead atoms. The van der Waals surface area contributed by atoms with E-state index in [0.717, 1.165) is 24.9 Å². The van der Waals surface area contributed by atoms with Crippen molar-refractivity contribution in [2.75, 3.05) is 12.4 Å². The highest BCUT2D eigenvalue weighted by Crippen LogP contribution is 2.45. The molecule has 0 spiro atoms. The summed E-state index contributed by atoms with van der Waals surface area (Å²) < 4.78 is 0. The van der Waals surface area contributed by atoms with Crippen LogP contribution < -0.4 is 5.32 Å². The first-order chi connectivity index (χ1) is 8.54. The number of nitrogens with one attached hydrogen (secondary N) is 1. The van der Waals surface area contributed by atoms with Gasteiger partial charge in [0.25, 0.3) is 0 Å². The van der Waals surface area contributed by atoms with Crippen LogP contribution in [-0.4, -0.2) is 18.3 Å². The van der Waals surface area contributed by atoms with E-state index in [9.17, 15) is 4.79 Å². The molecule has 0 aromatic heterocycles. The van der Waals surface area contributed by atoms with Crippen LogP contribution in [0.1, 0.15) is 29.5 Å². The van der Waals surface area contributed by atoms with Crippen LogP contribution in [0.2, 0.25) is 0 Å². The summed E-state index contributed by atoms with van der Waals surface area (Å²) in [4.78, 5) is 11.8. The lowest BCUT2D eigenvalue weighted by atomic mass is 10.0. The van der Waals surface area contributed by atoms with E-state index in [0.29, 0.717) is 12.3 Å². The lowest BCUT2D eigenvalue weighted by molar-refractivity contribution is -0.120. The molecule has 1 aliphatic carbocycles. The molecule has 0 heterocycles. The average Bonchev–Trinajstić information content (AvgIpc) is 3.12. The molecule has 0 unspecified atom stereocenters. The largest absolute Gasteiger partial charge is 0.355 e. The van der Waals surface area contributed by atoms with Crippen LogP contribution in [0.4, 0.5) is 0 Å². The van der Waals surface area contributed by atoms with Gasteiger partial charge in [-0.05, 0) is 43.4 Å². The van der Waals surface area contributed by atoms with Gasteiger partial charge in [0.1, 0.15) is 0 Å². The summed E-state index contributed by atoms with van der Waals surface area (Å²) in [6.45, 7) is 4.88. The Morgan fingerprint density at radius 2 is 2.06 bits per heavy atom. The van der Waals surface area contributed by atoms with E-state index in [1.165, 1.54) is 11.1 Å². The van der Waals surface area contributed by atoms with E-state index < -0.39 is 0 Å². The second kappa shape index (κ2) is 5.31. The van der Waals surface area contributed by atoms with Crippen LogP contribution in [0.25, 0.3) is 0 Å². The van der Waals surface area contributed by atoms with Crippen LogP contribution >= 0.6 is 11.6 Å². The number of amides is 1. The molecule has 1 saturated carbocycles. The normalized spacial score (nSPS) is 16.4. The summed E-state index contributed by atoms with van der Waals surface area (Å²) in [7, 11) is 0. The third kappa shape index (κ3) is 3.26. The van der Waals surface area contributed by atoms with E-state index in [2.05, 4.69) is 31.3 Å². The molecule has 2 rings (SSSR count). The number of hydrogen-bond acceptors (Lipinski definition) is 1. The first kappa shape index (κ1) is 13.4. The summed E-state index contributed by atoms with van der Waals surface area (Å²) in [6, 6.07) is 6.18. The SMILES string of the molecule is Cc1ccc(CC(=O)NCC2(CCl)CC2)cc1C. The van der Waals surface area contributed by atoms with E-state index in [1.807, 2.05) is 6.07 Å². The van der Waals surface area contributed by atoms with Crippen molar-refractivity contribution in [1.82, 2.24) is 5.32 Å². The standard InChI is InChI=1S/C15H20ClNO/c1-11-3-4-13(7-12(11)2)8-14(18)17-10-15(9-16)5-6-15/h3-4,7H,5-6,8-10H2,1-2H3,(H,17,18). The number of rotatable bonds is 5. The molecule has 1 fully saturated rings. The molecular formula is C15H20ClNO. The molecule has 0 saturated heterocycles. The van der Waals surface area contributed by atoms with Crippen LogP contribution in [-0.2, 0) is 11.2 Å². The Morgan fingerprint density at radius 3 is 2.61 bits per heavy atom. The Kier molecular flexibility index (Phi) is 3.96. The second-order valence-corrected chi connectivity index (χ2v) is 5.77. The molecule has 1 aromatic carbocycles. The smallest absolute Gasteiger partial charge is 0.224 e. The summed E-state index contributed by atoms with van der Waals surface area (Å²) in [5.74, 6) is 0.742. The number of aryl methyl sites for hydroxylation is 2. The van der Waals surface area contributed by atoms with Crippen LogP contribution in [0.3, 0.4) is 0 Å². The highest BCUT2D eigenvalue weighted by Gasteiger charge is 2.41. The van der Waals surface area contributed by atoms with Gasteiger partial charge in [0.15, 0.2) is 0 Å². The molecule has 0 atom stereocenters. The number of benzene rings is 1.